The number of esters is 1. The van der Waals surface area contributed by atoms with E-state index in [1.54, 1.807) is 19.1 Å². The summed E-state index contributed by atoms with van der Waals surface area (Å²) in [5, 5.41) is 6.30. The highest BCUT2D eigenvalue weighted by molar-refractivity contribution is 6.11. The Morgan fingerprint density at radius 1 is 1.23 bits per heavy atom. The lowest BCUT2D eigenvalue weighted by Gasteiger charge is -2.17. The van der Waals surface area contributed by atoms with Gasteiger partial charge in [0.25, 0.3) is 5.91 Å². The Balaban J connectivity index is 1.62. The standard InChI is InChI=1S/C21H20F3N3O4/c1-3-30-20(29)11-4-6-12(7-5-11)25-19(28)18-15-9-8-14(31-15)17(18)13-10-16(21(22,23)24)26-27(13)2/h4-7,10,14-15H,3,8-9H2,1-2H3,(H,25,28)/t14-,15+/m0/s1. The highest BCUT2D eigenvalue weighted by Gasteiger charge is 2.45. The summed E-state index contributed by atoms with van der Waals surface area (Å²) >= 11 is 0. The summed E-state index contributed by atoms with van der Waals surface area (Å²) in [6.45, 7) is 1.95. The number of fused-ring (bicyclic) bond motifs is 2. The zero-order valence-electron chi connectivity index (χ0n) is 16.8. The number of rotatable bonds is 5. The molecule has 4 rings (SSSR count). The van der Waals surface area contributed by atoms with Gasteiger partial charge in [0.1, 0.15) is 0 Å². The smallest absolute Gasteiger partial charge is 0.435 e. The summed E-state index contributed by atoms with van der Waals surface area (Å²) in [7, 11) is 1.41. The molecule has 2 aliphatic heterocycles. The number of amides is 1. The van der Waals surface area contributed by atoms with E-state index in [0.29, 0.717) is 35.2 Å². The number of aromatic nitrogens is 2. The van der Waals surface area contributed by atoms with Gasteiger partial charge in [0, 0.05) is 18.3 Å². The van der Waals surface area contributed by atoms with Gasteiger partial charge in [-0.3, -0.25) is 9.48 Å². The quantitative estimate of drug-likeness (QED) is 0.727. The van der Waals surface area contributed by atoms with Crippen LogP contribution in [0.2, 0.25) is 0 Å². The minimum Gasteiger partial charge on any atom is -0.462 e. The number of aryl methyl sites for hydroxylation is 1. The highest BCUT2D eigenvalue weighted by Crippen LogP contribution is 2.45. The van der Waals surface area contributed by atoms with E-state index >= 15 is 0 Å². The first-order valence-corrected chi connectivity index (χ1v) is 9.78. The molecule has 1 amide bonds. The van der Waals surface area contributed by atoms with E-state index in [-0.39, 0.29) is 12.3 Å². The Hall–Kier alpha value is -3.14. The molecule has 1 fully saturated rings. The zero-order valence-corrected chi connectivity index (χ0v) is 16.8. The topological polar surface area (TPSA) is 82.5 Å². The lowest BCUT2D eigenvalue weighted by molar-refractivity contribution is -0.141. The summed E-state index contributed by atoms with van der Waals surface area (Å²) in [5.41, 5.74) is 0.716. The average molecular weight is 435 g/mol. The molecule has 1 aromatic carbocycles. The summed E-state index contributed by atoms with van der Waals surface area (Å²) in [6, 6.07) is 7.11. The lowest BCUT2D eigenvalue weighted by atomic mass is 9.89. The molecule has 164 valence electrons. The van der Waals surface area contributed by atoms with E-state index in [1.807, 2.05) is 0 Å². The van der Waals surface area contributed by atoms with Crippen molar-refractivity contribution in [1.82, 2.24) is 9.78 Å². The monoisotopic (exact) mass is 435 g/mol. The summed E-state index contributed by atoms with van der Waals surface area (Å²) in [5.74, 6) is -0.926. The van der Waals surface area contributed by atoms with Crippen molar-refractivity contribution < 1.29 is 32.2 Å². The van der Waals surface area contributed by atoms with Crippen LogP contribution < -0.4 is 5.32 Å². The van der Waals surface area contributed by atoms with E-state index in [4.69, 9.17) is 9.47 Å². The van der Waals surface area contributed by atoms with Crippen molar-refractivity contribution in [2.24, 2.45) is 7.05 Å². The Morgan fingerprint density at radius 3 is 2.52 bits per heavy atom. The van der Waals surface area contributed by atoms with Gasteiger partial charge in [-0.25, -0.2) is 4.79 Å². The van der Waals surface area contributed by atoms with Crippen LogP contribution >= 0.6 is 0 Å². The molecular weight excluding hydrogens is 415 g/mol. The first-order valence-electron chi connectivity index (χ1n) is 9.78. The van der Waals surface area contributed by atoms with Crippen LogP contribution in [0.25, 0.3) is 5.57 Å². The molecule has 0 unspecified atom stereocenters. The maximum atomic E-state index is 13.1. The Kier molecular flexibility index (Phi) is 5.34. The SMILES string of the molecule is CCOC(=O)c1ccc(NC(=O)C2=C(c3cc(C(F)(F)F)nn3C)[C@@H]3CC[C@H]2O3)cc1. The fourth-order valence-electron chi connectivity index (χ4n) is 3.94. The van der Waals surface area contributed by atoms with Crippen molar-refractivity contribution in [3.8, 4) is 0 Å². The number of carbonyl (C=O) groups excluding carboxylic acids is 2. The number of alkyl halides is 3. The maximum Gasteiger partial charge on any atom is 0.435 e. The Labute approximate surface area is 175 Å². The maximum absolute atomic E-state index is 13.1. The summed E-state index contributed by atoms with van der Waals surface area (Å²) < 4.78 is 51.2. The molecule has 0 radical (unpaired) electrons. The fraction of sp³-hybridized carbons (Fsp3) is 0.381. The first kappa shape index (κ1) is 21.1. The number of ether oxygens (including phenoxy) is 2. The van der Waals surface area contributed by atoms with Crippen LogP contribution in [0, 0.1) is 0 Å². The van der Waals surface area contributed by atoms with Gasteiger partial charge in [-0.1, -0.05) is 0 Å². The minimum atomic E-state index is -4.59. The van der Waals surface area contributed by atoms with E-state index in [2.05, 4.69) is 10.4 Å². The van der Waals surface area contributed by atoms with Crippen molar-refractivity contribution in [3.05, 3.63) is 52.9 Å². The van der Waals surface area contributed by atoms with Gasteiger partial charge in [-0.15, -0.1) is 0 Å². The molecule has 7 nitrogen and oxygen atoms in total. The highest BCUT2D eigenvalue weighted by atomic mass is 19.4. The molecule has 1 saturated heterocycles. The van der Waals surface area contributed by atoms with E-state index in [1.165, 1.54) is 19.2 Å². The third-order valence-electron chi connectivity index (χ3n) is 5.30. The van der Waals surface area contributed by atoms with E-state index in [9.17, 15) is 22.8 Å². The molecule has 2 aromatic rings. The van der Waals surface area contributed by atoms with Crippen LogP contribution in [0.3, 0.4) is 0 Å². The number of benzene rings is 1. The second-order valence-electron chi connectivity index (χ2n) is 7.31. The molecule has 1 aromatic heterocycles. The molecule has 2 aliphatic rings. The number of anilines is 1. The predicted octanol–water partition coefficient (Wildman–Crippen LogP) is 3.57. The number of nitrogens with one attached hydrogen (secondary N) is 1. The average Bonchev–Trinajstić information content (AvgIpc) is 3.42. The van der Waals surface area contributed by atoms with E-state index in [0.717, 1.165) is 10.7 Å². The molecular formula is C21H20F3N3O4. The lowest BCUT2D eigenvalue weighted by Crippen LogP contribution is -2.23. The molecule has 10 heteroatoms. The van der Waals surface area contributed by atoms with Crippen molar-refractivity contribution in [2.45, 2.75) is 38.1 Å². The molecule has 3 heterocycles. The van der Waals surface area contributed by atoms with Crippen LogP contribution in [0.1, 0.15) is 41.5 Å². The molecule has 2 atom stereocenters. The zero-order chi connectivity index (χ0) is 22.3. The Bertz CT molecular complexity index is 1060. The van der Waals surface area contributed by atoms with Crippen LogP contribution in [-0.2, 0) is 27.5 Å². The largest absolute Gasteiger partial charge is 0.462 e. The number of carbonyl (C=O) groups is 2. The van der Waals surface area contributed by atoms with Gasteiger partial charge in [-0.05, 0) is 50.1 Å². The van der Waals surface area contributed by atoms with Crippen molar-refractivity contribution in [1.29, 1.82) is 0 Å². The molecule has 0 spiro atoms. The number of hydrogen-bond donors (Lipinski definition) is 1. The van der Waals surface area contributed by atoms with Crippen molar-refractivity contribution in [3.63, 3.8) is 0 Å². The second kappa shape index (κ2) is 7.84. The van der Waals surface area contributed by atoms with Crippen LogP contribution in [-0.4, -0.2) is 40.5 Å². The molecule has 1 N–H and O–H groups in total. The van der Waals surface area contributed by atoms with Gasteiger partial charge in [0.15, 0.2) is 5.69 Å². The van der Waals surface area contributed by atoms with Gasteiger partial charge in [0.2, 0.25) is 0 Å². The molecule has 31 heavy (non-hydrogen) atoms. The van der Waals surface area contributed by atoms with E-state index < -0.39 is 36.0 Å². The van der Waals surface area contributed by atoms with Crippen LogP contribution in [0.4, 0.5) is 18.9 Å². The Morgan fingerprint density at radius 2 is 1.90 bits per heavy atom. The normalized spacial score (nSPS) is 20.3. The third-order valence-corrected chi connectivity index (χ3v) is 5.30. The second-order valence-corrected chi connectivity index (χ2v) is 7.31. The van der Waals surface area contributed by atoms with Crippen LogP contribution in [0.5, 0.6) is 0 Å². The first-order chi connectivity index (χ1) is 14.7. The molecule has 0 saturated carbocycles. The fourth-order valence-corrected chi connectivity index (χ4v) is 3.94. The van der Waals surface area contributed by atoms with Crippen molar-refractivity contribution in [2.75, 3.05) is 11.9 Å². The van der Waals surface area contributed by atoms with Gasteiger partial charge in [0.05, 0.1) is 35.6 Å². The van der Waals surface area contributed by atoms with Gasteiger partial charge >= 0.3 is 12.1 Å². The molecule has 0 aliphatic carbocycles. The number of hydrogen-bond acceptors (Lipinski definition) is 5. The minimum absolute atomic E-state index is 0.210. The van der Waals surface area contributed by atoms with Crippen molar-refractivity contribution >= 4 is 23.1 Å². The summed E-state index contributed by atoms with van der Waals surface area (Å²) in [4.78, 5) is 24.8. The van der Waals surface area contributed by atoms with Gasteiger partial charge in [-0.2, -0.15) is 18.3 Å². The molecule has 2 bridgehead atoms. The van der Waals surface area contributed by atoms with Crippen LogP contribution in [0.15, 0.2) is 35.9 Å². The third kappa shape index (κ3) is 3.95. The predicted molar refractivity (Wildman–Crippen MR) is 104 cm³/mol. The summed E-state index contributed by atoms with van der Waals surface area (Å²) in [6.07, 6.45) is -4.28. The van der Waals surface area contributed by atoms with Gasteiger partial charge < -0.3 is 14.8 Å². The number of halogens is 3. The number of nitrogens with zero attached hydrogens (tertiary/aromatic N) is 2.